The molecule has 0 aliphatic heterocycles. The molecule has 0 heterocycles. The van der Waals surface area contributed by atoms with Crippen molar-refractivity contribution in [1.82, 2.24) is 0 Å². The highest BCUT2D eigenvalue weighted by atomic mass is 16.5. The van der Waals surface area contributed by atoms with E-state index in [4.69, 9.17) is 9.84 Å². The second-order valence-electron chi connectivity index (χ2n) is 5.80. The number of ether oxygens (including phenoxy) is 1. The molecule has 0 saturated carbocycles. The molecule has 0 aliphatic carbocycles. The van der Waals surface area contributed by atoms with Gasteiger partial charge in [-0.15, -0.1) is 0 Å². The fraction of sp³-hybridized carbons (Fsp3) is 0.278. The SMILES string of the molecule is CC(c1ccc(OC(C)(C)C(=O)O)cc1)c1cccc(O)c1. The number of hydrogen-bond donors (Lipinski definition) is 2. The van der Waals surface area contributed by atoms with Gasteiger partial charge in [0.1, 0.15) is 11.5 Å². The van der Waals surface area contributed by atoms with Gasteiger partial charge in [-0.1, -0.05) is 31.2 Å². The molecule has 2 aromatic rings. The third-order valence-electron chi connectivity index (χ3n) is 3.64. The van der Waals surface area contributed by atoms with Gasteiger partial charge in [-0.05, 0) is 49.2 Å². The van der Waals surface area contributed by atoms with Crippen LogP contribution in [0.15, 0.2) is 48.5 Å². The average Bonchev–Trinajstić information content (AvgIpc) is 2.47. The third kappa shape index (κ3) is 3.58. The molecule has 22 heavy (non-hydrogen) atoms. The molecule has 0 bridgehead atoms. The second kappa shape index (κ2) is 6.10. The van der Waals surface area contributed by atoms with Crippen molar-refractivity contribution in [1.29, 1.82) is 0 Å². The molecule has 0 amide bonds. The van der Waals surface area contributed by atoms with Gasteiger partial charge in [0.25, 0.3) is 0 Å². The third-order valence-corrected chi connectivity index (χ3v) is 3.64. The maximum absolute atomic E-state index is 11.1. The Morgan fingerprint density at radius 1 is 1.09 bits per heavy atom. The summed E-state index contributed by atoms with van der Waals surface area (Å²) < 4.78 is 5.48. The van der Waals surface area contributed by atoms with Crippen molar-refractivity contribution in [3.05, 3.63) is 59.7 Å². The zero-order chi connectivity index (χ0) is 16.3. The van der Waals surface area contributed by atoms with E-state index in [0.717, 1.165) is 11.1 Å². The van der Waals surface area contributed by atoms with Gasteiger partial charge in [0.15, 0.2) is 5.60 Å². The average molecular weight is 300 g/mol. The lowest BCUT2D eigenvalue weighted by Gasteiger charge is -2.22. The first-order chi connectivity index (χ1) is 10.3. The molecule has 1 unspecified atom stereocenters. The predicted molar refractivity (Wildman–Crippen MR) is 84.4 cm³/mol. The van der Waals surface area contributed by atoms with E-state index < -0.39 is 11.6 Å². The number of carboxylic acid groups (broad SMARTS) is 1. The first kappa shape index (κ1) is 15.9. The van der Waals surface area contributed by atoms with Crippen molar-refractivity contribution in [2.75, 3.05) is 0 Å². The van der Waals surface area contributed by atoms with Crippen LogP contribution in [-0.4, -0.2) is 21.8 Å². The summed E-state index contributed by atoms with van der Waals surface area (Å²) in [4.78, 5) is 11.1. The van der Waals surface area contributed by atoms with Crippen LogP contribution >= 0.6 is 0 Å². The fourth-order valence-corrected chi connectivity index (χ4v) is 2.15. The van der Waals surface area contributed by atoms with Crippen LogP contribution in [0.5, 0.6) is 11.5 Å². The number of hydrogen-bond acceptors (Lipinski definition) is 3. The Bertz CT molecular complexity index is 659. The summed E-state index contributed by atoms with van der Waals surface area (Å²) in [5.41, 5.74) is 0.809. The standard InChI is InChI=1S/C18H20O4/c1-12(14-5-4-6-15(19)11-14)13-7-9-16(10-8-13)22-18(2,3)17(20)21/h4-12,19H,1-3H3,(H,20,21). The Balaban J connectivity index is 2.17. The van der Waals surface area contributed by atoms with E-state index in [-0.39, 0.29) is 11.7 Å². The van der Waals surface area contributed by atoms with Gasteiger partial charge in [-0.25, -0.2) is 4.79 Å². The zero-order valence-corrected chi connectivity index (χ0v) is 12.9. The molecular weight excluding hydrogens is 280 g/mol. The molecule has 4 nitrogen and oxygen atoms in total. The minimum Gasteiger partial charge on any atom is -0.508 e. The molecule has 0 radical (unpaired) electrons. The lowest BCUT2D eigenvalue weighted by molar-refractivity contribution is -0.152. The number of aromatic hydroxyl groups is 1. The highest BCUT2D eigenvalue weighted by Gasteiger charge is 2.29. The summed E-state index contributed by atoms with van der Waals surface area (Å²) in [5, 5.41) is 18.6. The molecule has 0 saturated heterocycles. The van der Waals surface area contributed by atoms with E-state index in [9.17, 15) is 9.90 Å². The minimum atomic E-state index is -1.27. The molecule has 2 rings (SSSR count). The topological polar surface area (TPSA) is 66.8 Å². The van der Waals surface area contributed by atoms with Crippen LogP contribution in [0.2, 0.25) is 0 Å². The molecule has 0 aromatic heterocycles. The highest BCUT2D eigenvalue weighted by molar-refractivity contribution is 5.76. The van der Waals surface area contributed by atoms with E-state index >= 15 is 0 Å². The number of carboxylic acids is 1. The van der Waals surface area contributed by atoms with Crippen LogP contribution in [0.4, 0.5) is 0 Å². The molecule has 0 fully saturated rings. The van der Waals surface area contributed by atoms with Crippen LogP contribution in [-0.2, 0) is 4.79 Å². The van der Waals surface area contributed by atoms with Gasteiger partial charge in [0, 0.05) is 5.92 Å². The van der Waals surface area contributed by atoms with Gasteiger partial charge < -0.3 is 14.9 Å². The fourth-order valence-electron chi connectivity index (χ4n) is 2.15. The van der Waals surface area contributed by atoms with E-state index in [0.29, 0.717) is 5.75 Å². The molecular formula is C18H20O4. The van der Waals surface area contributed by atoms with Crippen LogP contribution in [0, 0.1) is 0 Å². The Hall–Kier alpha value is -2.49. The van der Waals surface area contributed by atoms with E-state index in [1.165, 1.54) is 13.8 Å². The van der Waals surface area contributed by atoms with Crippen LogP contribution in [0.25, 0.3) is 0 Å². The number of phenolic OH excluding ortho intramolecular Hbond substituents is 1. The summed E-state index contributed by atoms with van der Waals surface area (Å²) in [6.07, 6.45) is 0. The largest absolute Gasteiger partial charge is 0.508 e. The van der Waals surface area contributed by atoms with Crippen LogP contribution < -0.4 is 4.74 Å². The Kier molecular flexibility index (Phi) is 4.40. The monoisotopic (exact) mass is 300 g/mol. The smallest absolute Gasteiger partial charge is 0.347 e. The first-order valence-corrected chi connectivity index (χ1v) is 7.11. The zero-order valence-electron chi connectivity index (χ0n) is 12.9. The molecule has 4 heteroatoms. The summed E-state index contributed by atoms with van der Waals surface area (Å²) in [7, 11) is 0. The van der Waals surface area contributed by atoms with Crippen molar-refractivity contribution in [2.24, 2.45) is 0 Å². The van der Waals surface area contributed by atoms with Gasteiger partial charge in [0.2, 0.25) is 0 Å². The van der Waals surface area contributed by atoms with E-state index in [1.54, 1.807) is 24.3 Å². The van der Waals surface area contributed by atoms with Crippen molar-refractivity contribution >= 4 is 5.97 Å². The number of phenols is 1. The number of carbonyl (C=O) groups is 1. The summed E-state index contributed by atoms with van der Waals surface area (Å²) in [6, 6.07) is 14.5. The molecule has 0 spiro atoms. The van der Waals surface area contributed by atoms with E-state index in [1.807, 2.05) is 31.2 Å². The number of rotatable bonds is 5. The minimum absolute atomic E-state index is 0.119. The second-order valence-corrected chi connectivity index (χ2v) is 5.80. The number of aliphatic carboxylic acids is 1. The summed E-state index contributed by atoms with van der Waals surface area (Å²) >= 11 is 0. The summed E-state index contributed by atoms with van der Waals surface area (Å²) in [6.45, 7) is 5.07. The lowest BCUT2D eigenvalue weighted by Crippen LogP contribution is -2.37. The van der Waals surface area contributed by atoms with Crippen LogP contribution in [0.3, 0.4) is 0 Å². The Labute approximate surface area is 130 Å². The molecule has 0 aliphatic rings. The van der Waals surface area contributed by atoms with E-state index in [2.05, 4.69) is 0 Å². The highest BCUT2D eigenvalue weighted by Crippen LogP contribution is 2.28. The summed E-state index contributed by atoms with van der Waals surface area (Å²) in [5.74, 6) is -0.134. The van der Waals surface area contributed by atoms with Gasteiger partial charge in [0.05, 0.1) is 0 Å². The normalized spacial score (nSPS) is 12.7. The van der Waals surface area contributed by atoms with Gasteiger partial charge >= 0.3 is 5.97 Å². The molecule has 2 N–H and O–H groups in total. The Morgan fingerprint density at radius 3 is 2.27 bits per heavy atom. The molecule has 1 atom stereocenters. The van der Waals surface area contributed by atoms with Gasteiger partial charge in [-0.3, -0.25) is 0 Å². The van der Waals surface area contributed by atoms with Crippen molar-refractivity contribution in [3.63, 3.8) is 0 Å². The van der Waals surface area contributed by atoms with Crippen molar-refractivity contribution < 1.29 is 19.7 Å². The quantitative estimate of drug-likeness (QED) is 0.881. The molecule has 116 valence electrons. The first-order valence-electron chi connectivity index (χ1n) is 7.11. The van der Waals surface area contributed by atoms with Gasteiger partial charge in [-0.2, -0.15) is 0 Å². The van der Waals surface area contributed by atoms with Crippen molar-refractivity contribution in [3.8, 4) is 11.5 Å². The molecule has 2 aromatic carbocycles. The van der Waals surface area contributed by atoms with Crippen LogP contribution in [0.1, 0.15) is 37.8 Å². The lowest BCUT2D eigenvalue weighted by atomic mass is 9.93. The predicted octanol–water partition coefficient (Wildman–Crippen LogP) is 3.79. The van der Waals surface area contributed by atoms with Crippen molar-refractivity contribution in [2.45, 2.75) is 32.3 Å². The maximum atomic E-state index is 11.1. The number of benzene rings is 2. The Morgan fingerprint density at radius 2 is 1.73 bits per heavy atom. The maximum Gasteiger partial charge on any atom is 0.347 e.